The summed E-state index contributed by atoms with van der Waals surface area (Å²) in [6.07, 6.45) is 0.669. The van der Waals surface area contributed by atoms with Crippen molar-refractivity contribution >= 4 is 10.9 Å². The van der Waals surface area contributed by atoms with E-state index in [0.717, 1.165) is 11.1 Å². The minimum Gasteiger partial charge on any atom is -0.491 e. The van der Waals surface area contributed by atoms with Crippen LogP contribution in [0.1, 0.15) is 11.1 Å². The van der Waals surface area contributed by atoms with Crippen LogP contribution >= 0.6 is 0 Å². The molecule has 1 aromatic heterocycles. The number of hydrogen-bond acceptors (Lipinski definition) is 4. The predicted octanol–water partition coefficient (Wildman–Crippen LogP) is 2.45. The first-order chi connectivity index (χ1) is 11.5. The van der Waals surface area contributed by atoms with Crippen molar-refractivity contribution in [3.8, 4) is 5.75 Å². The van der Waals surface area contributed by atoms with E-state index in [0.29, 0.717) is 16.7 Å². The van der Waals surface area contributed by atoms with Gasteiger partial charge in [-0.05, 0) is 38.1 Å². The molecule has 5 nitrogen and oxygen atoms in total. The molecule has 0 bridgehead atoms. The highest BCUT2D eigenvalue weighted by Gasteiger charge is 2.10. The summed E-state index contributed by atoms with van der Waals surface area (Å²) in [7, 11) is 0. The number of aryl methyl sites for hydroxylation is 2. The molecule has 1 N–H and O–H groups in total. The molecule has 1 heterocycles. The molecule has 0 saturated heterocycles. The monoisotopic (exact) mass is 324 g/mol. The van der Waals surface area contributed by atoms with Gasteiger partial charge in [-0.2, -0.15) is 0 Å². The summed E-state index contributed by atoms with van der Waals surface area (Å²) in [5.74, 6) is 0.694. The van der Waals surface area contributed by atoms with Gasteiger partial charge in [-0.15, -0.1) is 0 Å². The topological polar surface area (TPSA) is 64.3 Å². The van der Waals surface area contributed by atoms with Crippen molar-refractivity contribution < 1.29 is 9.84 Å². The number of benzene rings is 2. The molecule has 1 unspecified atom stereocenters. The van der Waals surface area contributed by atoms with Crippen LogP contribution in [0.15, 0.2) is 53.6 Å². The molecule has 3 aromatic rings. The molecule has 24 heavy (non-hydrogen) atoms. The van der Waals surface area contributed by atoms with E-state index in [9.17, 15) is 9.90 Å². The summed E-state index contributed by atoms with van der Waals surface area (Å²) in [5, 5.41) is 10.7. The Morgan fingerprint density at radius 1 is 1.12 bits per heavy atom. The highest BCUT2D eigenvalue weighted by Crippen LogP contribution is 2.12. The number of aromatic nitrogens is 2. The molecule has 0 aliphatic heterocycles. The van der Waals surface area contributed by atoms with Crippen molar-refractivity contribution in [2.45, 2.75) is 26.5 Å². The lowest BCUT2D eigenvalue weighted by molar-refractivity contribution is 0.0915. The van der Waals surface area contributed by atoms with Crippen molar-refractivity contribution in [3.63, 3.8) is 0 Å². The molecule has 0 radical (unpaired) electrons. The third-order valence-corrected chi connectivity index (χ3v) is 3.85. The molecule has 3 rings (SSSR count). The fourth-order valence-electron chi connectivity index (χ4n) is 2.51. The van der Waals surface area contributed by atoms with E-state index in [4.69, 9.17) is 4.74 Å². The minimum atomic E-state index is -0.798. The Labute approximate surface area is 140 Å². The van der Waals surface area contributed by atoms with Gasteiger partial charge in [0.05, 0.1) is 23.8 Å². The molecule has 0 amide bonds. The average Bonchev–Trinajstić information content (AvgIpc) is 2.57. The van der Waals surface area contributed by atoms with Gasteiger partial charge in [0.15, 0.2) is 0 Å². The van der Waals surface area contributed by atoms with Crippen molar-refractivity contribution in [2.75, 3.05) is 6.61 Å². The molecule has 124 valence electrons. The van der Waals surface area contributed by atoms with Crippen LogP contribution in [-0.2, 0) is 6.54 Å². The van der Waals surface area contributed by atoms with Gasteiger partial charge >= 0.3 is 0 Å². The van der Waals surface area contributed by atoms with E-state index < -0.39 is 6.10 Å². The molecule has 0 saturated carbocycles. The van der Waals surface area contributed by atoms with Crippen LogP contribution < -0.4 is 10.3 Å². The summed E-state index contributed by atoms with van der Waals surface area (Å²) in [6.45, 7) is 4.18. The molecule has 0 spiro atoms. The van der Waals surface area contributed by atoms with E-state index in [1.54, 1.807) is 0 Å². The van der Waals surface area contributed by atoms with Gasteiger partial charge < -0.3 is 9.84 Å². The molecule has 2 aromatic carbocycles. The molecule has 1 atom stereocenters. The van der Waals surface area contributed by atoms with Crippen LogP contribution in [0.4, 0.5) is 0 Å². The van der Waals surface area contributed by atoms with E-state index in [2.05, 4.69) is 4.98 Å². The zero-order valence-electron chi connectivity index (χ0n) is 13.8. The second-order valence-corrected chi connectivity index (χ2v) is 6.00. The van der Waals surface area contributed by atoms with E-state index in [1.165, 1.54) is 10.9 Å². The van der Waals surface area contributed by atoms with Gasteiger partial charge in [-0.25, -0.2) is 4.98 Å². The van der Waals surface area contributed by atoms with Crippen LogP contribution in [0.25, 0.3) is 10.9 Å². The van der Waals surface area contributed by atoms with Crippen LogP contribution in [0.2, 0.25) is 0 Å². The van der Waals surface area contributed by atoms with Gasteiger partial charge in [-0.1, -0.05) is 29.3 Å². The van der Waals surface area contributed by atoms with Gasteiger partial charge in [0.2, 0.25) is 0 Å². The second-order valence-electron chi connectivity index (χ2n) is 6.00. The summed E-state index contributed by atoms with van der Waals surface area (Å²) in [6, 6.07) is 13.2. The Kier molecular flexibility index (Phi) is 4.62. The maximum Gasteiger partial charge on any atom is 0.261 e. The number of hydrogen-bond donors (Lipinski definition) is 1. The lowest BCUT2D eigenvalue weighted by Gasteiger charge is -2.14. The number of nitrogens with zero attached hydrogens (tertiary/aromatic N) is 2. The van der Waals surface area contributed by atoms with Crippen molar-refractivity contribution in [1.82, 2.24) is 9.55 Å². The van der Waals surface area contributed by atoms with E-state index in [-0.39, 0.29) is 18.7 Å². The van der Waals surface area contributed by atoms with Gasteiger partial charge in [-0.3, -0.25) is 9.36 Å². The summed E-state index contributed by atoms with van der Waals surface area (Å²) in [4.78, 5) is 16.8. The molecular weight excluding hydrogens is 304 g/mol. The fourth-order valence-corrected chi connectivity index (χ4v) is 2.51. The van der Waals surface area contributed by atoms with Crippen LogP contribution in [-0.4, -0.2) is 27.4 Å². The number of fused-ring (bicyclic) bond motifs is 1. The summed E-state index contributed by atoms with van der Waals surface area (Å²) >= 11 is 0. The highest BCUT2D eigenvalue weighted by molar-refractivity contribution is 5.77. The smallest absolute Gasteiger partial charge is 0.261 e. The average molecular weight is 324 g/mol. The minimum absolute atomic E-state index is 0.112. The van der Waals surface area contributed by atoms with E-state index >= 15 is 0 Å². The first-order valence-corrected chi connectivity index (χ1v) is 7.86. The number of rotatable bonds is 5. The lowest BCUT2D eigenvalue weighted by atomic mass is 10.2. The van der Waals surface area contributed by atoms with Crippen LogP contribution in [0.3, 0.4) is 0 Å². The van der Waals surface area contributed by atoms with Crippen molar-refractivity contribution in [1.29, 1.82) is 0 Å². The Bertz CT molecular complexity index is 901. The predicted molar refractivity (Wildman–Crippen MR) is 93.4 cm³/mol. The molecule has 5 heteroatoms. The molecule has 0 fully saturated rings. The van der Waals surface area contributed by atoms with Gasteiger partial charge in [0.25, 0.3) is 5.56 Å². The molecule has 0 aliphatic rings. The number of aliphatic hydroxyl groups is 1. The first-order valence-electron chi connectivity index (χ1n) is 7.86. The van der Waals surface area contributed by atoms with Gasteiger partial charge in [0.1, 0.15) is 18.5 Å². The zero-order valence-corrected chi connectivity index (χ0v) is 13.8. The second kappa shape index (κ2) is 6.84. The lowest BCUT2D eigenvalue weighted by Crippen LogP contribution is -2.30. The maximum absolute atomic E-state index is 12.5. The Balaban J connectivity index is 1.71. The number of ether oxygens (including phenoxy) is 1. The Morgan fingerprint density at radius 2 is 1.83 bits per heavy atom. The highest BCUT2D eigenvalue weighted by atomic mass is 16.5. The first kappa shape index (κ1) is 16.2. The standard InChI is InChI=1S/C19H20N2O3/c1-13-3-6-16(7-4-13)24-11-15(22)10-21-12-20-18-8-5-14(2)9-17(18)19(21)23/h3-9,12,15,22H,10-11H2,1-2H3. The quantitative estimate of drug-likeness (QED) is 0.783. The molecule has 0 aliphatic carbocycles. The third kappa shape index (κ3) is 3.63. The van der Waals surface area contributed by atoms with Crippen molar-refractivity contribution in [2.24, 2.45) is 0 Å². The largest absolute Gasteiger partial charge is 0.491 e. The normalized spacial score (nSPS) is 12.3. The molecular formula is C19H20N2O3. The third-order valence-electron chi connectivity index (χ3n) is 3.85. The summed E-state index contributed by atoms with van der Waals surface area (Å²) < 4.78 is 6.98. The maximum atomic E-state index is 12.5. The van der Waals surface area contributed by atoms with Crippen LogP contribution in [0, 0.1) is 13.8 Å². The SMILES string of the molecule is Cc1ccc(OCC(O)Cn2cnc3ccc(C)cc3c2=O)cc1. The Morgan fingerprint density at radius 3 is 2.58 bits per heavy atom. The van der Waals surface area contributed by atoms with E-state index in [1.807, 2.05) is 56.3 Å². The summed E-state index contributed by atoms with van der Waals surface area (Å²) in [5.41, 5.74) is 2.65. The number of aliphatic hydroxyl groups excluding tert-OH is 1. The fraction of sp³-hybridized carbons (Fsp3) is 0.263. The zero-order chi connectivity index (χ0) is 17.1. The Hall–Kier alpha value is -2.66. The van der Waals surface area contributed by atoms with Crippen LogP contribution in [0.5, 0.6) is 5.75 Å². The van der Waals surface area contributed by atoms with Crippen molar-refractivity contribution in [3.05, 3.63) is 70.3 Å². The van der Waals surface area contributed by atoms with Gasteiger partial charge in [0, 0.05) is 0 Å².